The standard InChI is InChI=1S/C24H21Cl3N2O2/c25-17-13-16(14-18(26)15-17)22-9-7-19(31-22)8-10-23(30)28-21-6-4-5-20(27)24(21)29-11-2-1-3-12-29/h4-10,13-15H,1-3,11-12H2,(H,28,30)/b10-8+. The third-order valence-electron chi connectivity index (χ3n) is 5.09. The van der Waals surface area contributed by atoms with Crippen LogP contribution in [0.2, 0.25) is 15.1 Å². The van der Waals surface area contributed by atoms with E-state index in [1.165, 1.54) is 12.5 Å². The van der Waals surface area contributed by atoms with Crippen LogP contribution in [0.15, 0.2) is 59.0 Å². The average Bonchev–Trinajstić information content (AvgIpc) is 3.22. The summed E-state index contributed by atoms with van der Waals surface area (Å²) >= 11 is 18.6. The fourth-order valence-corrected chi connectivity index (χ4v) is 4.50. The Labute approximate surface area is 196 Å². The number of piperidine rings is 1. The zero-order chi connectivity index (χ0) is 21.8. The monoisotopic (exact) mass is 474 g/mol. The van der Waals surface area contributed by atoms with E-state index in [4.69, 9.17) is 39.2 Å². The first kappa shape index (κ1) is 21.8. The minimum absolute atomic E-state index is 0.260. The minimum atomic E-state index is -0.260. The fraction of sp³-hybridized carbons (Fsp3) is 0.208. The number of benzene rings is 2. The summed E-state index contributed by atoms with van der Waals surface area (Å²) in [7, 11) is 0. The van der Waals surface area contributed by atoms with Crippen molar-refractivity contribution in [2.45, 2.75) is 19.3 Å². The summed E-state index contributed by atoms with van der Waals surface area (Å²) in [5.74, 6) is 0.902. The van der Waals surface area contributed by atoms with E-state index in [-0.39, 0.29) is 5.91 Å². The lowest BCUT2D eigenvalue weighted by Gasteiger charge is -2.31. The van der Waals surface area contributed by atoms with E-state index in [0.717, 1.165) is 37.2 Å². The molecule has 1 aliphatic rings. The second kappa shape index (κ2) is 9.82. The molecule has 0 aliphatic carbocycles. The topological polar surface area (TPSA) is 45.5 Å². The molecule has 0 bridgehead atoms. The van der Waals surface area contributed by atoms with Crippen molar-refractivity contribution in [1.82, 2.24) is 0 Å². The maximum Gasteiger partial charge on any atom is 0.248 e. The van der Waals surface area contributed by atoms with Gasteiger partial charge in [-0.05, 0) is 67.8 Å². The van der Waals surface area contributed by atoms with E-state index in [0.29, 0.717) is 32.3 Å². The van der Waals surface area contributed by atoms with Crippen LogP contribution in [0.25, 0.3) is 17.4 Å². The molecule has 2 heterocycles. The van der Waals surface area contributed by atoms with Crippen molar-refractivity contribution in [2.75, 3.05) is 23.3 Å². The number of furan rings is 1. The molecule has 1 fully saturated rings. The van der Waals surface area contributed by atoms with Crippen molar-refractivity contribution in [3.63, 3.8) is 0 Å². The molecule has 0 radical (unpaired) electrons. The number of hydrogen-bond donors (Lipinski definition) is 1. The second-order valence-electron chi connectivity index (χ2n) is 7.37. The Morgan fingerprint density at radius 1 is 0.968 bits per heavy atom. The molecule has 7 heteroatoms. The van der Waals surface area contributed by atoms with Crippen molar-refractivity contribution < 1.29 is 9.21 Å². The summed E-state index contributed by atoms with van der Waals surface area (Å²) in [4.78, 5) is 14.8. The summed E-state index contributed by atoms with van der Waals surface area (Å²) in [5.41, 5.74) is 2.35. The van der Waals surface area contributed by atoms with E-state index >= 15 is 0 Å². The molecule has 4 rings (SSSR count). The molecular formula is C24H21Cl3N2O2. The number of carbonyl (C=O) groups excluding carboxylic acids is 1. The molecule has 1 amide bonds. The minimum Gasteiger partial charge on any atom is -0.457 e. The largest absolute Gasteiger partial charge is 0.457 e. The van der Waals surface area contributed by atoms with Crippen LogP contribution in [0.3, 0.4) is 0 Å². The second-order valence-corrected chi connectivity index (χ2v) is 8.65. The van der Waals surface area contributed by atoms with Crippen LogP contribution in [-0.4, -0.2) is 19.0 Å². The molecule has 3 aromatic rings. The number of nitrogens with zero attached hydrogens (tertiary/aromatic N) is 1. The lowest BCUT2D eigenvalue weighted by molar-refractivity contribution is -0.111. The van der Waals surface area contributed by atoms with Crippen LogP contribution in [-0.2, 0) is 4.79 Å². The Kier molecular flexibility index (Phi) is 6.91. The van der Waals surface area contributed by atoms with Gasteiger partial charge in [-0.3, -0.25) is 4.79 Å². The molecule has 1 aromatic heterocycles. The quantitative estimate of drug-likeness (QED) is 0.387. The highest BCUT2D eigenvalue weighted by Crippen LogP contribution is 2.35. The summed E-state index contributed by atoms with van der Waals surface area (Å²) in [5, 5.41) is 4.64. The molecule has 1 aliphatic heterocycles. The highest BCUT2D eigenvalue weighted by molar-refractivity contribution is 6.35. The van der Waals surface area contributed by atoms with Crippen LogP contribution in [0.4, 0.5) is 11.4 Å². The van der Waals surface area contributed by atoms with Gasteiger partial charge in [0.05, 0.1) is 16.4 Å². The van der Waals surface area contributed by atoms with Gasteiger partial charge in [0.25, 0.3) is 0 Å². The van der Waals surface area contributed by atoms with Gasteiger partial charge in [-0.2, -0.15) is 0 Å². The van der Waals surface area contributed by atoms with Gasteiger partial charge in [0.15, 0.2) is 0 Å². The Morgan fingerprint density at radius 2 is 1.71 bits per heavy atom. The summed E-state index contributed by atoms with van der Waals surface area (Å²) in [6.07, 6.45) is 6.52. The highest BCUT2D eigenvalue weighted by Gasteiger charge is 2.18. The van der Waals surface area contributed by atoms with Gasteiger partial charge in [-0.15, -0.1) is 0 Å². The summed E-state index contributed by atoms with van der Waals surface area (Å²) in [6, 6.07) is 14.4. The normalized spacial score (nSPS) is 14.2. The van der Waals surface area contributed by atoms with E-state index < -0.39 is 0 Å². The number of para-hydroxylation sites is 1. The Morgan fingerprint density at radius 3 is 2.45 bits per heavy atom. The van der Waals surface area contributed by atoms with Crippen LogP contribution in [0, 0.1) is 0 Å². The summed E-state index contributed by atoms with van der Waals surface area (Å²) in [6.45, 7) is 1.87. The predicted molar refractivity (Wildman–Crippen MR) is 129 cm³/mol. The Hall–Kier alpha value is -2.40. The van der Waals surface area contributed by atoms with Crippen molar-refractivity contribution in [2.24, 2.45) is 0 Å². The molecule has 0 unspecified atom stereocenters. The van der Waals surface area contributed by atoms with E-state index in [1.807, 2.05) is 24.3 Å². The van der Waals surface area contributed by atoms with Gasteiger partial charge >= 0.3 is 0 Å². The molecule has 4 nitrogen and oxygen atoms in total. The van der Waals surface area contributed by atoms with Gasteiger partial charge in [0.2, 0.25) is 5.91 Å². The Balaban J connectivity index is 1.47. The zero-order valence-electron chi connectivity index (χ0n) is 16.7. The van der Waals surface area contributed by atoms with Crippen LogP contribution in [0.5, 0.6) is 0 Å². The molecule has 0 saturated carbocycles. The van der Waals surface area contributed by atoms with Crippen LogP contribution >= 0.6 is 34.8 Å². The van der Waals surface area contributed by atoms with Crippen LogP contribution < -0.4 is 10.2 Å². The van der Waals surface area contributed by atoms with E-state index in [2.05, 4.69) is 10.2 Å². The number of halogens is 3. The summed E-state index contributed by atoms with van der Waals surface area (Å²) < 4.78 is 5.80. The molecule has 1 saturated heterocycles. The van der Waals surface area contributed by atoms with Gasteiger partial charge in [0, 0.05) is 34.8 Å². The average molecular weight is 476 g/mol. The van der Waals surface area contributed by atoms with Gasteiger partial charge in [-0.1, -0.05) is 40.9 Å². The van der Waals surface area contributed by atoms with Crippen molar-refractivity contribution in [1.29, 1.82) is 0 Å². The number of amides is 1. The maximum atomic E-state index is 12.6. The lowest BCUT2D eigenvalue weighted by Crippen LogP contribution is -2.30. The Bertz CT molecular complexity index is 1100. The van der Waals surface area contributed by atoms with Gasteiger partial charge in [-0.25, -0.2) is 0 Å². The van der Waals surface area contributed by atoms with Gasteiger partial charge < -0.3 is 14.6 Å². The first-order valence-corrected chi connectivity index (χ1v) is 11.2. The molecule has 0 spiro atoms. The number of hydrogen-bond acceptors (Lipinski definition) is 3. The van der Waals surface area contributed by atoms with Crippen molar-refractivity contribution >= 4 is 58.2 Å². The number of carbonyl (C=O) groups is 1. The predicted octanol–water partition coefficient (Wildman–Crippen LogP) is 7.55. The van der Waals surface area contributed by atoms with E-state index in [9.17, 15) is 4.79 Å². The van der Waals surface area contributed by atoms with Crippen molar-refractivity contribution in [3.8, 4) is 11.3 Å². The van der Waals surface area contributed by atoms with Crippen molar-refractivity contribution in [3.05, 3.63) is 75.4 Å². The molecule has 31 heavy (non-hydrogen) atoms. The first-order valence-electron chi connectivity index (χ1n) is 10.1. The van der Waals surface area contributed by atoms with Crippen LogP contribution in [0.1, 0.15) is 25.0 Å². The molecule has 1 N–H and O–H groups in total. The third kappa shape index (κ3) is 5.45. The van der Waals surface area contributed by atoms with Gasteiger partial charge in [0.1, 0.15) is 11.5 Å². The maximum absolute atomic E-state index is 12.6. The zero-order valence-corrected chi connectivity index (χ0v) is 19.0. The first-order chi connectivity index (χ1) is 15.0. The smallest absolute Gasteiger partial charge is 0.248 e. The number of anilines is 2. The number of nitrogens with one attached hydrogen (secondary N) is 1. The molecule has 0 atom stereocenters. The number of rotatable bonds is 5. The van der Waals surface area contributed by atoms with E-state index in [1.54, 1.807) is 30.3 Å². The fourth-order valence-electron chi connectivity index (χ4n) is 3.68. The molecular weight excluding hydrogens is 455 g/mol. The molecule has 2 aromatic carbocycles. The SMILES string of the molecule is O=C(/C=C/c1ccc(-c2cc(Cl)cc(Cl)c2)o1)Nc1cccc(Cl)c1N1CCCCC1. The third-order valence-corrected chi connectivity index (χ3v) is 5.83. The molecule has 160 valence electrons. The highest BCUT2D eigenvalue weighted by atomic mass is 35.5. The lowest BCUT2D eigenvalue weighted by atomic mass is 10.1.